The standard InChI is InChI=1S/C14H26N4O/c1-16-12-8-13(18(11-12)6-3-5-15)9-17-10-14-4-2-7-19-14/h2,4,7,12-13,16-17H,3,5-6,8-11,15H2,1H3. The lowest BCUT2D eigenvalue weighted by molar-refractivity contribution is 0.242. The Morgan fingerprint density at radius 1 is 1.53 bits per heavy atom. The van der Waals surface area contributed by atoms with Gasteiger partial charge in [-0.1, -0.05) is 0 Å². The van der Waals surface area contributed by atoms with Crippen molar-refractivity contribution >= 4 is 0 Å². The van der Waals surface area contributed by atoms with Crippen molar-refractivity contribution in [1.82, 2.24) is 15.5 Å². The van der Waals surface area contributed by atoms with Crippen LogP contribution in [0.1, 0.15) is 18.6 Å². The molecule has 0 spiro atoms. The van der Waals surface area contributed by atoms with E-state index in [-0.39, 0.29) is 0 Å². The first-order valence-corrected chi connectivity index (χ1v) is 7.18. The zero-order chi connectivity index (χ0) is 13.5. The fraction of sp³-hybridized carbons (Fsp3) is 0.714. The molecule has 0 amide bonds. The summed E-state index contributed by atoms with van der Waals surface area (Å²) in [6, 6.07) is 5.13. The number of rotatable bonds is 8. The van der Waals surface area contributed by atoms with Crippen molar-refractivity contribution in [1.29, 1.82) is 0 Å². The maximum absolute atomic E-state index is 5.61. The summed E-state index contributed by atoms with van der Waals surface area (Å²) in [5, 5.41) is 6.87. The molecule has 4 N–H and O–H groups in total. The number of likely N-dealkylation sites (tertiary alicyclic amines) is 1. The smallest absolute Gasteiger partial charge is 0.117 e. The summed E-state index contributed by atoms with van der Waals surface area (Å²) in [5.41, 5.74) is 5.61. The predicted molar refractivity (Wildman–Crippen MR) is 76.9 cm³/mol. The molecule has 0 radical (unpaired) electrons. The number of hydrogen-bond acceptors (Lipinski definition) is 5. The van der Waals surface area contributed by atoms with Crippen molar-refractivity contribution < 1.29 is 4.42 Å². The molecule has 1 fully saturated rings. The van der Waals surface area contributed by atoms with Crippen molar-refractivity contribution in [3.8, 4) is 0 Å². The minimum Gasteiger partial charge on any atom is -0.468 e. The van der Waals surface area contributed by atoms with Crippen LogP contribution in [0.2, 0.25) is 0 Å². The van der Waals surface area contributed by atoms with E-state index in [2.05, 4.69) is 15.5 Å². The summed E-state index contributed by atoms with van der Waals surface area (Å²) in [4.78, 5) is 2.54. The molecule has 108 valence electrons. The molecule has 2 unspecified atom stereocenters. The topological polar surface area (TPSA) is 66.5 Å². The number of hydrogen-bond donors (Lipinski definition) is 3. The molecule has 19 heavy (non-hydrogen) atoms. The third-order valence-corrected chi connectivity index (χ3v) is 3.84. The summed E-state index contributed by atoms with van der Waals surface area (Å²) < 4.78 is 5.33. The van der Waals surface area contributed by atoms with Crippen LogP contribution < -0.4 is 16.4 Å². The molecule has 2 heterocycles. The highest BCUT2D eigenvalue weighted by Gasteiger charge is 2.30. The van der Waals surface area contributed by atoms with E-state index in [1.54, 1.807) is 6.26 Å². The van der Waals surface area contributed by atoms with E-state index < -0.39 is 0 Å². The van der Waals surface area contributed by atoms with Gasteiger partial charge in [0.2, 0.25) is 0 Å². The average molecular weight is 266 g/mol. The molecule has 1 aliphatic rings. The highest BCUT2D eigenvalue weighted by Crippen LogP contribution is 2.17. The Kier molecular flexibility index (Phi) is 5.85. The van der Waals surface area contributed by atoms with Crippen LogP contribution in [0.25, 0.3) is 0 Å². The lowest BCUT2D eigenvalue weighted by atomic mass is 10.1. The number of nitrogens with zero attached hydrogens (tertiary/aromatic N) is 1. The van der Waals surface area contributed by atoms with E-state index in [0.29, 0.717) is 12.1 Å². The fourth-order valence-electron chi connectivity index (χ4n) is 2.75. The second kappa shape index (κ2) is 7.65. The quantitative estimate of drug-likeness (QED) is 0.635. The Morgan fingerprint density at radius 3 is 3.11 bits per heavy atom. The Morgan fingerprint density at radius 2 is 2.42 bits per heavy atom. The van der Waals surface area contributed by atoms with Crippen LogP contribution in [0.3, 0.4) is 0 Å². The molecule has 1 aromatic rings. The second-order valence-electron chi connectivity index (χ2n) is 5.22. The van der Waals surface area contributed by atoms with E-state index in [4.69, 9.17) is 10.2 Å². The summed E-state index contributed by atoms with van der Waals surface area (Å²) in [5.74, 6) is 0.997. The molecule has 5 heteroatoms. The van der Waals surface area contributed by atoms with Gasteiger partial charge in [0, 0.05) is 25.2 Å². The highest BCUT2D eigenvalue weighted by molar-refractivity contribution is 4.98. The Hall–Kier alpha value is -0.880. The van der Waals surface area contributed by atoms with Crippen molar-refractivity contribution in [3.63, 3.8) is 0 Å². The van der Waals surface area contributed by atoms with Gasteiger partial charge in [0.1, 0.15) is 5.76 Å². The van der Waals surface area contributed by atoms with Crippen molar-refractivity contribution in [2.45, 2.75) is 31.5 Å². The summed E-state index contributed by atoms with van der Waals surface area (Å²) in [6.07, 6.45) is 3.99. The van der Waals surface area contributed by atoms with Crippen LogP contribution >= 0.6 is 0 Å². The van der Waals surface area contributed by atoms with Gasteiger partial charge in [0.25, 0.3) is 0 Å². The molecule has 0 bridgehead atoms. The van der Waals surface area contributed by atoms with E-state index in [0.717, 1.165) is 44.9 Å². The fourth-order valence-corrected chi connectivity index (χ4v) is 2.75. The lowest BCUT2D eigenvalue weighted by Crippen LogP contribution is -2.38. The Balaban J connectivity index is 1.75. The third-order valence-electron chi connectivity index (χ3n) is 3.84. The van der Waals surface area contributed by atoms with Gasteiger partial charge in [-0.15, -0.1) is 0 Å². The maximum Gasteiger partial charge on any atom is 0.117 e. The Labute approximate surface area is 115 Å². The minimum absolute atomic E-state index is 0.596. The molecular formula is C14H26N4O. The van der Waals surface area contributed by atoms with Crippen LogP contribution in [0.4, 0.5) is 0 Å². The molecule has 1 aliphatic heterocycles. The van der Waals surface area contributed by atoms with Crippen LogP contribution in [-0.2, 0) is 6.54 Å². The molecular weight excluding hydrogens is 240 g/mol. The van der Waals surface area contributed by atoms with Gasteiger partial charge in [-0.3, -0.25) is 4.90 Å². The zero-order valence-corrected chi connectivity index (χ0v) is 11.8. The third kappa shape index (κ3) is 4.31. The molecule has 2 rings (SSSR count). The number of nitrogens with one attached hydrogen (secondary N) is 2. The van der Waals surface area contributed by atoms with E-state index in [1.807, 2.05) is 19.2 Å². The van der Waals surface area contributed by atoms with E-state index in [9.17, 15) is 0 Å². The van der Waals surface area contributed by atoms with Crippen LogP contribution in [0.5, 0.6) is 0 Å². The van der Waals surface area contributed by atoms with Crippen molar-refractivity contribution in [2.24, 2.45) is 5.73 Å². The zero-order valence-electron chi connectivity index (χ0n) is 11.8. The molecule has 0 aliphatic carbocycles. The largest absolute Gasteiger partial charge is 0.468 e. The van der Waals surface area contributed by atoms with Gasteiger partial charge in [0.05, 0.1) is 12.8 Å². The normalized spacial score (nSPS) is 24.1. The van der Waals surface area contributed by atoms with Gasteiger partial charge in [0.15, 0.2) is 0 Å². The maximum atomic E-state index is 5.61. The molecule has 1 saturated heterocycles. The molecule has 0 aromatic carbocycles. The van der Waals surface area contributed by atoms with Gasteiger partial charge in [-0.05, 0) is 45.1 Å². The minimum atomic E-state index is 0.596. The van der Waals surface area contributed by atoms with E-state index >= 15 is 0 Å². The molecule has 1 aromatic heterocycles. The molecule has 0 saturated carbocycles. The second-order valence-corrected chi connectivity index (χ2v) is 5.22. The van der Waals surface area contributed by atoms with Crippen LogP contribution in [0.15, 0.2) is 22.8 Å². The summed E-state index contributed by atoms with van der Waals surface area (Å²) in [6.45, 7) is 4.81. The van der Waals surface area contributed by atoms with Crippen LogP contribution in [-0.4, -0.2) is 50.2 Å². The van der Waals surface area contributed by atoms with Gasteiger partial charge in [-0.2, -0.15) is 0 Å². The average Bonchev–Trinajstić information content (AvgIpc) is 3.06. The number of furan rings is 1. The van der Waals surface area contributed by atoms with Crippen molar-refractivity contribution in [2.75, 3.05) is 33.2 Å². The van der Waals surface area contributed by atoms with Gasteiger partial charge >= 0.3 is 0 Å². The Bertz CT molecular complexity index is 341. The molecule has 5 nitrogen and oxygen atoms in total. The van der Waals surface area contributed by atoms with Gasteiger partial charge < -0.3 is 20.8 Å². The highest BCUT2D eigenvalue weighted by atomic mass is 16.3. The first kappa shape index (κ1) is 14.5. The van der Waals surface area contributed by atoms with Gasteiger partial charge in [-0.25, -0.2) is 0 Å². The monoisotopic (exact) mass is 266 g/mol. The number of nitrogens with two attached hydrogens (primary N) is 1. The lowest BCUT2D eigenvalue weighted by Gasteiger charge is -2.24. The van der Waals surface area contributed by atoms with Crippen LogP contribution in [0, 0.1) is 0 Å². The summed E-state index contributed by atoms with van der Waals surface area (Å²) >= 11 is 0. The summed E-state index contributed by atoms with van der Waals surface area (Å²) in [7, 11) is 2.05. The molecule has 2 atom stereocenters. The van der Waals surface area contributed by atoms with Crippen molar-refractivity contribution in [3.05, 3.63) is 24.2 Å². The number of likely N-dealkylation sites (N-methyl/N-ethyl adjacent to an activating group) is 1. The SMILES string of the molecule is CNC1CC(CNCc2ccco2)N(CCCN)C1. The first-order valence-electron chi connectivity index (χ1n) is 7.18. The first-order chi connectivity index (χ1) is 9.33. The van der Waals surface area contributed by atoms with E-state index in [1.165, 1.54) is 6.42 Å². The predicted octanol–water partition coefficient (Wildman–Crippen LogP) is 0.380.